The molecular weight excluding hydrogens is 1080 g/mol. The molecule has 0 spiro atoms. The summed E-state index contributed by atoms with van der Waals surface area (Å²) in [6, 6.07) is 0. The van der Waals surface area contributed by atoms with Crippen LogP contribution in [0.3, 0.4) is 0 Å². The molecule has 17 heteroatoms. The second-order valence-electron chi connectivity index (χ2n) is 11.4. The second-order valence-corrected chi connectivity index (χ2v) is 12.5. The van der Waals surface area contributed by atoms with E-state index in [0.717, 1.165) is 37.0 Å². The van der Waals surface area contributed by atoms with Crippen molar-refractivity contribution >= 4 is 71.6 Å². The number of aldehydes is 1. The first kappa shape index (κ1) is 126. The van der Waals surface area contributed by atoms with Crippen LogP contribution < -0.4 is 138 Å². The largest absolute Gasteiger partial charge is 1.00 e. The van der Waals surface area contributed by atoms with E-state index in [-0.39, 0.29) is 213 Å². The normalized spacial score (nSPS) is 10.4. The summed E-state index contributed by atoms with van der Waals surface area (Å²) in [6.07, 6.45) is 21.6. The summed E-state index contributed by atoms with van der Waals surface area (Å²) >= 11 is 3.15. The van der Waals surface area contributed by atoms with Crippen LogP contribution >= 0.6 is 32.9 Å². The summed E-state index contributed by atoms with van der Waals surface area (Å²) in [5, 5.41) is 24.5. The van der Waals surface area contributed by atoms with Gasteiger partial charge in [0.15, 0.2) is 0 Å². The third-order valence-electron chi connectivity index (χ3n) is 4.78. The van der Waals surface area contributed by atoms with Gasteiger partial charge in [-0.05, 0) is 73.6 Å². The summed E-state index contributed by atoms with van der Waals surface area (Å²) in [6.45, 7) is 39.0. The smallest absolute Gasteiger partial charge is 1.00 e. The van der Waals surface area contributed by atoms with E-state index in [0.29, 0.717) is 0 Å². The van der Waals surface area contributed by atoms with Gasteiger partial charge in [-0.15, -0.1) is 30.1 Å². The third-order valence-corrected chi connectivity index (χ3v) is 4.78. The second kappa shape index (κ2) is 167. The summed E-state index contributed by atoms with van der Waals surface area (Å²) in [5.74, 6) is 1.54. The van der Waals surface area contributed by atoms with Crippen molar-refractivity contribution in [1.82, 2.24) is 0 Å². The third kappa shape index (κ3) is 495. The molecular formula is C45H102BBr2K2NaO10Pd-. The molecule has 0 aliphatic heterocycles. The van der Waals surface area contributed by atoms with Gasteiger partial charge < -0.3 is 49.8 Å². The van der Waals surface area contributed by atoms with E-state index in [9.17, 15) is 9.59 Å². The van der Waals surface area contributed by atoms with Crippen molar-refractivity contribution in [2.45, 2.75) is 195 Å². The molecule has 1 saturated carbocycles. The summed E-state index contributed by atoms with van der Waals surface area (Å²) in [7, 11) is 1.68. The van der Waals surface area contributed by atoms with Crippen LogP contribution in [0.25, 0.3) is 0 Å². The Hall–Kier alpha value is 3.27. The Labute approximate surface area is 533 Å². The van der Waals surface area contributed by atoms with Crippen LogP contribution in [-0.2, 0) is 54.0 Å². The molecule has 1 aliphatic rings. The maximum absolute atomic E-state index is 9.44. The molecule has 1 aliphatic carbocycles. The number of rotatable bonds is 8. The number of hydrogen-bond donors (Lipinski definition) is 2. The van der Waals surface area contributed by atoms with Gasteiger partial charge in [0.05, 0.1) is 0 Å². The molecule has 1 rings (SSSR count). The SMILES string of the molecule is Br.C/C=C/CCC.C=C.CC(=O)O.CC(C)=O.CC(C)=O.CC1CCC(C)CC1.CC=O.CCBr.CCCC.CCCCCC.CCO.CCOC.O=CO[O-].[B].[CH3-].[H-].[H-].[K+].[K+].[Na+].[Pd]. The number of ether oxygens (including phenoxy) is 1. The maximum Gasteiger partial charge on any atom is 1.00 e. The number of alkyl halides is 1. The first-order valence-electron chi connectivity index (χ1n) is 19.8. The predicted molar refractivity (Wildman–Crippen MR) is 268 cm³/mol. The zero-order valence-electron chi connectivity index (χ0n) is 46.8. The number of aliphatic hydroxyl groups is 1. The number of carbonyl (C=O) groups is 5. The minimum Gasteiger partial charge on any atom is -1.00 e. The van der Waals surface area contributed by atoms with E-state index in [1.807, 2.05) is 13.8 Å². The quantitative estimate of drug-likeness (QED) is 0.0525. The molecule has 0 saturated heterocycles. The van der Waals surface area contributed by atoms with E-state index in [1.165, 1.54) is 112 Å². The molecule has 0 aromatic carbocycles. The van der Waals surface area contributed by atoms with Gasteiger partial charge in [-0.3, -0.25) is 9.59 Å². The Morgan fingerprint density at radius 3 is 1.00 bits per heavy atom. The van der Waals surface area contributed by atoms with Crippen LogP contribution in [0.1, 0.15) is 198 Å². The number of Topliss-reactive ketones (excluding diaryl/α,β-unsaturated/α-hetero) is 2. The van der Waals surface area contributed by atoms with Crippen LogP contribution in [0.2, 0.25) is 0 Å². The van der Waals surface area contributed by atoms with Gasteiger partial charge in [0.25, 0.3) is 12.4 Å². The monoisotopic (exact) mass is 1180 g/mol. The van der Waals surface area contributed by atoms with Crippen molar-refractivity contribution in [2.24, 2.45) is 11.8 Å². The molecule has 0 amide bonds. The maximum atomic E-state index is 9.44. The van der Waals surface area contributed by atoms with Crippen LogP contribution in [-0.4, -0.2) is 74.6 Å². The van der Waals surface area contributed by atoms with Gasteiger partial charge in [0.1, 0.15) is 17.9 Å². The van der Waals surface area contributed by atoms with Gasteiger partial charge in [-0.2, -0.15) is 0 Å². The molecule has 373 valence electrons. The van der Waals surface area contributed by atoms with E-state index in [4.69, 9.17) is 29.9 Å². The van der Waals surface area contributed by atoms with Gasteiger partial charge in [-0.25, -0.2) is 0 Å². The Kier molecular flexibility index (Phi) is 339. The standard InChI is InChI=1S/C8H16.C6H14.C6H12.C4H10.C3H8O.2C3H6O.C2H5Br.C2H4O2.C2H6O.C2H4O.C2H4.CH2O3.CH3.B.BrH.2K.Na.Pd.2H/c1-7-3-5-8(2)6-4-7;2*1-3-5-6-4-2;2*1-3-4-2;2*1-3(2)4;1-2-3;1-2(3)4;2*1-2-3;1-2;2-1-4-3;;;;;;;;;/h7-8H,3-6H2,1-2H3;3-6H2,1-2H3;3,5H,4,6H2,1-2H3;3-4H2,1-2H3;3H2,1-2H3;2*1-2H3;2H2,1H3;1H3,(H,3,4);3H,2H2,1H3;2H,1H3;1-2H2;1,3H;1H3;;1H;;;;;;/q;;;;;;;;;;;;;-1;;;3*+1;;2*-1/p-1/b;;5-3+;;;;;;;;;;;;;;;;;;;. The van der Waals surface area contributed by atoms with Crippen LogP contribution in [0.5, 0.6) is 0 Å². The van der Waals surface area contributed by atoms with E-state index < -0.39 is 5.97 Å². The molecule has 62 heavy (non-hydrogen) atoms. The molecule has 10 nitrogen and oxygen atoms in total. The zero-order valence-corrected chi connectivity index (χ0v) is 57.9. The van der Waals surface area contributed by atoms with Gasteiger partial charge >= 0.3 is 132 Å². The van der Waals surface area contributed by atoms with Gasteiger partial charge in [0.2, 0.25) is 0 Å². The molecule has 0 aromatic rings. The first-order chi connectivity index (χ1) is 25.8. The number of carboxylic acids is 1. The number of unbranched alkanes of at least 4 members (excludes halogenated alkanes) is 5. The van der Waals surface area contributed by atoms with Crippen molar-refractivity contribution in [1.29, 1.82) is 0 Å². The number of methoxy groups -OCH3 is 1. The number of aliphatic hydroxyl groups excluding tert-OH is 1. The molecule has 0 heterocycles. The van der Waals surface area contributed by atoms with E-state index >= 15 is 0 Å². The zero-order chi connectivity index (χ0) is 46.7. The Morgan fingerprint density at radius 1 is 0.758 bits per heavy atom. The minimum absolute atomic E-state index is 0. The molecule has 0 aromatic heterocycles. The fraction of sp³-hybridized carbons (Fsp3) is 0.778. The van der Waals surface area contributed by atoms with Crippen molar-refractivity contribution in [3.8, 4) is 0 Å². The number of carboxylic acid groups (broad SMARTS) is 1. The fourth-order valence-corrected chi connectivity index (χ4v) is 2.26. The van der Waals surface area contributed by atoms with Crippen LogP contribution in [0.15, 0.2) is 25.3 Å². The number of hydrogen-bond acceptors (Lipinski definition) is 9. The molecule has 0 atom stereocenters. The summed E-state index contributed by atoms with van der Waals surface area (Å²) in [5.41, 5.74) is 0. The van der Waals surface area contributed by atoms with Crippen LogP contribution in [0.4, 0.5) is 0 Å². The van der Waals surface area contributed by atoms with Crippen molar-refractivity contribution in [2.75, 3.05) is 25.7 Å². The number of aliphatic carboxylic acids is 1. The summed E-state index contributed by atoms with van der Waals surface area (Å²) in [4.78, 5) is 47.9. The Morgan fingerprint density at radius 2 is 0.935 bits per heavy atom. The average Bonchev–Trinajstić information content (AvgIpc) is 3.13. The minimum atomic E-state index is -0.833. The summed E-state index contributed by atoms with van der Waals surface area (Å²) < 4.78 is 4.54. The number of allylic oxidation sites excluding steroid dienone is 2. The molecule has 2 N–H and O–H groups in total. The van der Waals surface area contributed by atoms with Crippen molar-refractivity contribution in [3.63, 3.8) is 0 Å². The molecule has 1 fully saturated rings. The van der Waals surface area contributed by atoms with Crippen LogP contribution in [0, 0.1) is 19.3 Å². The van der Waals surface area contributed by atoms with Gasteiger partial charge in [0, 0.05) is 61.4 Å². The molecule has 0 unspecified atom stereocenters. The molecule has 0 bridgehead atoms. The Bertz CT molecular complexity index is 612. The number of ketones is 2. The topological polar surface area (TPSA) is 167 Å². The van der Waals surface area contributed by atoms with E-state index in [2.05, 4.69) is 106 Å². The predicted octanol–water partition coefficient (Wildman–Crippen LogP) is 4.25. The van der Waals surface area contributed by atoms with Gasteiger partial charge in [-0.1, -0.05) is 154 Å². The first-order valence-corrected chi connectivity index (χ1v) is 21.0. The molecule has 3 radical (unpaired) electrons. The van der Waals surface area contributed by atoms with E-state index in [1.54, 1.807) is 14.0 Å². The average molecular weight is 1180 g/mol. The Balaban J connectivity index is -0.0000000165. The van der Waals surface area contributed by atoms with Crippen molar-refractivity contribution < 1.29 is 205 Å². The fourth-order valence-electron chi connectivity index (χ4n) is 2.26. The van der Waals surface area contributed by atoms with Crippen molar-refractivity contribution in [3.05, 3.63) is 32.7 Å². The number of carbonyl (C=O) groups excluding carboxylic acids is 4. The number of halogens is 2.